The lowest BCUT2D eigenvalue weighted by Gasteiger charge is -2.03. The van der Waals surface area contributed by atoms with Crippen LogP contribution in [0.15, 0.2) is 48.5 Å². The smallest absolute Gasteiger partial charge is 0.124 e. The molecule has 0 aliphatic heterocycles. The first kappa shape index (κ1) is 14.2. The summed E-state index contributed by atoms with van der Waals surface area (Å²) < 4.78 is 9.95. The standard InChI is InChI=1S/C8H9ClO2.C6H6O/c1-10-7-3-6(9)4-8(5-7)11-2;7-6-4-2-1-3-5-6/h3-5H,1-2H3;1-5,7H. The van der Waals surface area contributed by atoms with Gasteiger partial charge < -0.3 is 14.6 Å². The number of phenolic OH excluding ortho intramolecular Hbond substituents is 1. The first-order valence-electron chi connectivity index (χ1n) is 5.28. The Hall–Kier alpha value is -1.87. The SMILES string of the molecule is COc1cc(Cl)cc(OC)c1.Oc1ccccc1. The van der Waals surface area contributed by atoms with E-state index < -0.39 is 0 Å². The molecule has 0 bridgehead atoms. The van der Waals surface area contributed by atoms with E-state index in [1.54, 1.807) is 56.7 Å². The molecule has 18 heavy (non-hydrogen) atoms. The highest BCUT2D eigenvalue weighted by Gasteiger charge is 1.97. The normalized spacial score (nSPS) is 9.06. The van der Waals surface area contributed by atoms with Crippen molar-refractivity contribution < 1.29 is 14.6 Å². The number of benzene rings is 2. The van der Waals surface area contributed by atoms with Crippen molar-refractivity contribution in [2.45, 2.75) is 0 Å². The van der Waals surface area contributed by atoms with Crippen molar-refractivity contribution in [2.75, 3.05) is 14.2 Å². The molecule has 0 fully saturated rings. The van der Waals surface area contributed by atoms with Gasteiger partial charge in [-0.15, -0.1) is 0 Å². The molecule has 1 N–H and O–H groups in total. The van der Waals surface area contributed by atoms with Gasteiger partial charge in [0.25, 0.3) is 0 Å². The molecule has 2 rings (SSSR count). The molecule has 2 aromatic carbocycles. The van der Waals surface area contributed by atoms with E-state index in [-0.39, 0.29) is 0 Å². The average molecular weight is 267 g/mol. The van der Waals surface area contributed by atoms with Crippen LogP contribution < -0.4 is 9.47 Å². The molecule has 0 unspecified atom stereocenters. The van der Waals surface area contributed by atoms with Gasteiger partial charge in [0, 0.05) is 11.1 Å². The van der Waals surface area contributed by atoms with Crippen LogP contribution in [0.1, 0.15) is 0 Å². The van der Waals surface area contributed by atoms with E-state index in [1.165, 1.54) is 0 Å². The van der Waals surface area contributed by atoms with Crippen LogP contribution in [0, 0.1) is 0 Å². The third-order valence-electron chi connectivity index (χ3n) is 2.07. The van der Waals surface area contributed by atoms with E-state index >= 15 is 0 Å². The molecule has 96 valence electrons. The van der Waals surface area contributed by atoms with Crippen molar-refractivity contribution in [1.29, 1.82) is 0 Å². The Bertz CT molecular complexity index is 449. The van der Waals surface area contributed by atoms with Crippen molar-refractivity contribution >= 4 is 11.6 Å². The van der Waals surface area contributed by atoms with E-state index in [0.717, 1.165) is 0 Å². The molecule has 4 heteroatoms. The maximum atomic E-state index is 8.63. The summed E-state index contributed by atoms with van der Waals surface area (Å²) in [5, 5.41) is 9.24. The number of hydrogen-bond donors (Lipinski definition) is 1. The van der Waals surface area contributed by atoms with Gasteiger partial charge in [-0.05, 0) is 24.3 Å². The summed E-state index contributed by atoms with van der Waals surface area (Å²) in [4.78, 5) is 0. The van der Waals surface area contributed by atoms with Gasteiger partial charge in [-0.3, -0.25) is 0 Å². The topological polar surface area (TPSA) is 38.7 Å². The van der Waals surface area contributed by atoms with Crippen LogP contribution in [0.25, 0.3) is 0 Å². The van der Waals surface area contributed by atoms with Crippen molar-refractivity contribution in [3.8, 4) is 17.2 Å². The van der Waals surface area contributed by atoms with Gasteiger partial charge in [-0.1, -0.05) is 29.8 Å². The fourth-order valence-corrected chi connectivity index (χ4v) is 1.42. The Labute approximate surface area is 112 Å². The minimum Gasteiger partial charge on any atom is -0.508 e. The van der Waals surface area contributed by atoms with Crippen molar-refractivity contribution in [3.63, 3.8) is 0 Å². The molecule has 0 aliphatic carbocycles. The zero-order valence-electron chi connectivity index (χ0n) is 10.3. The van der Waals surface area contributed by atoms with Crippen LogP contribution in [0.3, 0.4) is 0 Å². The van der Waals surface area contributed by atoms with Gasteiger partial charge in [-0.25, -0.2) is 0 Å². The largest absolute Gasteiger partial charge is 0.508 e. The van der Waals surface area contributed by atoms with Crippen molar-refractivity contribution in [1.82, 2.24) is 0 Å². The summed E-state index contributed by atoms with van der Waals surface area (Å²) in [6.07, 6.45) is 0. The van der Waals surface area contributed by atoms with Gasteiger partial charge in [0.15, 0.2) is 0 Å². The minimum atomic E-state index is 0.322. The minimum absolute atomic E-state index is 0.322. The van der Waals surface area contributed by atoms with Crippen LogP contribution in [0.5, 0.6) is 17.2 Å². The van der Waals surface area contributed by atoms with Crippen LogP contribution >= 0.6 is 11.6 Å². The number of para-hydroxylation sites is 1. The molecule has 0 amide bonds. The van der Waals surface area contributed by atoms with Crippen LogP contribution in [-0.2, 0) is 0 Å². The highest BCUT2D eigenvalue weighted by molar-refractivity contribution is 6.30. The molecule has 2 aromatic rings. The fraction of sp³-hybridized carbons (Fsp3) is 0.143. The predicted molar refractivity (Wildman–Crippen MR) is 72.7 cm³/mol. The van der Waals surface area contributed by atoms with E-state index in [2.05, 4.69) is 0 Å². The first-order chi connectivity index (χ1) is 8.65. The van der Waals surface area contributed by atoms with E-state index in [9.17, 15) is 0 Å². The second-order valence-electron chi connectivity index (χ2n) is 3.37. The quantitative estimate of drug-likeness (QED) is 0.900. The molecule has 3 nitrogen and oxygen atoms in total. The average Bonchev–Trinajstić information content (AvgIpc) is 2.39. The predicted octanol–water partition coefficient (Wildman–Crippen LogP) is 3.75. The maximum absolute atomic E-state index is 8.63. The molecule has 0 radical (unpaired) electrons. The molecule has 0 aliphatic rings. The molecular weight excluding hydrogens is 252 g/mol. The molecule has 0 saturated carbocycles. The van der Waals surface area contributed by atoms with E-state index in [4.69, 9.17) is 26.2 Å². The molecule has 0 heterocycles. The maximum Gasteiger partial charge on any atom is 0.124 e. The molecule has 0 atom stereocenters. The molecular formula is C14H15ClO3. The Morgan fingerprint density at radius 3 is 1.72 bits per heavy atom. The van der Waals surface area contributed by atoms with Gasteiger partial charge in [0.05, 0.1) is 14.2 Å². The summed E-state index contributed by atoms with van der Waals surface area (Å²) in [5.41, 5.74) is 0. The molecule has 0 aromatic heterocycles. The second kappa shape index (κ2) is 7.45. The van der Waals surface area contributed by atoms with Gasteiger partial charge in [-0.2, -0.15) is 0 Å². The third-order valence-corrected chi connectivity index (χ3v) is 2.29. The lowest BCUT2D eigenvalue weighted by atomic mass is 10.3. The first-order valence-corrected chi connectivity index (χ1v) is 5.66. The van der Waals surface area contributed by atoms with Gasteiger partial charge >= 0.3 is 0 Å². The summed E-state index contributed by atoms with van der Waals surface area (Å²) in [5.74, 6) is 1.73. The van der Waals surface area contributed by atoms with Crippen molar-refractivity contribution in [2.24, 2.45) is 0 Å². The summed E-state index contributed by atoms with van der Waals surface area (Å²) in [6.45, 7) is 0. The zero-order chi connectivity index (χ0) is 13.4. The number of phenols is 1. The summed E-state index contributed by atoms with van der Waals surface area (Å²) >= 11 is 5.75. The van der Waals surface area contributed by atoms with Crippen LogP contribution in [0.4, 0.5) is 0 Å². The van der Waals surface area contributed by atoms with Crippen LogP contribution in [-0.4, -0.2) is 19.3 Å². The number of aromatic hydroxyl groups is 1. The Balaban J connectivity index is 0.000000199. The number of halogens is 1. The second-order valence-corrected chi connectivity index (χ2v) is 3.80. The number of methoxy groups -OCH3 is 2. The highest BCUT2D eigenvalue weighted by Crippen LogP contribution is 2.25. The summed E-state index contributed by atoms with van der Waals surface area (Å²) in [6, 6.07) is 13.9. The van der Waals surface area contributed by atoms with E-state index in [1.807, 2.05) is 6.07 Å². The number of rotatable bonds is 2. The van der Waals surface area contributed by atoms with Crippen LogP contribution in [0.2, 0.25) is 5.02 Å². The summed E-state index contributed by atoms with van der Waals surface area (Å²) in [7, 11) is 3.18. The fourth-order valence-electron chi connectivity index (χ4n) is 1.20. The lowest BCUT2D eigenvalue weighted by molar-refractivity contribution is 0.394. The Morgan fingerprint density at radius 1 is 0.889 bits per heavy atom. The Morgan fingerprint density at radius 2 is 1.39 bits per heavy atom. The van der Waals surface area contributed by atoms with Gasteiger partial charge in [0.1, 0.15) is 17.2 Å². The monoisotopic (exact) mass is 266 g/mol. The Kier molecular flexibility index (Phi) is 5.88. The lowest BCUT2D eigenvalue weighted by Crippen LogP contribution is -1.86. The highest BCUT2D eigenvalue weighted by atomic mass is 35.5. The zero-order valence-corrected chi connectivity index (χ0v) is 11.0. The number of hydrogen-bond acceptors (Lipinski definition) is 3. The van der Waals surface area contributed by atoms with Crippen molar-refractivity contribution in [3.05, 3.63) is 53.6 Å². The molecule has 0 spiro atoms. The van der Waals surface area contributed by atoms with E-state index in [0.29, 0.717) is 22.3 Å². The number of ether oxygens (including phenoxy) is 2. The third kappa shape index (κ3) is 4.97. The van der Waals surface area contributed by atoms with Gasteiger partial charge in [0.2, 0.25) is 0 Å². The molecule has 0 saturated heterocycles.